The number of aromatic nitrogens is 1. The van der Waals surface area contributed by atoms with E-state index in [2.05, 4.69) is 4.98 Å². The van der Waals surface area contributed by atoms with Gasteiger partial charge in [0.2, 0.25) is 5.91 Å². The lowest BCUT2D eigenvalue weighted by atomic mass is 10.0. The fourth-order valence-corrected chi connectivity index (χ4v) is 2.24. The van der Waals surface area contributed by atoms with E-state index in [4.69, 9.17) is 11.0 Å². The first-order chi connectivity index (χ1) is 9.63. The molecule has 0 bridgehead atoms. The molecule has 1 aromatic heterocycles. The quantitative estimate of drug-likeness (QED) is 0.861. The van der Waals surface area contributed by atoms with Crippen LogP contribution in [0.4, 0.5) is 0 Å². The number of likely N-dealkylation sites (N-methyl/N-ethyl adjacent to an activating group) is 1. The first-order valence-corrected chi connectivity index (χ1v) is 6.56. The summed E-state index contributed by atoms with van der Waals surface area (Å²) < 4.78 is 0. The first kappa shape index (κ1) is 14.1. The van der Waals surface area contributed by atoms with Crippen molar-refractivity contribution in [1.82, 2.24) is 9.88 Å². The summed E-state index contributed by atoms with van der Waals surface area (Å²) in [5.74, 6) is -0.134. The van der Waals surface area contributed by atoms with Crippen molar-refractivity contribution in [3.63, 3.8) is 0 Å². The van der Waals surface area contributed by atoms with E-state index in [1.807, 2.05) is 36.5 Å². The molecule has 0 saturated heterocycles. The molecule has 0 radical (unpaired) electrons. The average molecular weight is 270 g/mol. The molecule has 1 aromatic carbocycles. The highest BCUT2D eigenvalue weighted by Crippen LogP contribution is 2.19. The average Bonchev–Trinajstić information content (AvgIpc) is 2.87. The van der Waals surface area contributed by atoms with Crippen LogP contribution in [0.2, 0.25) is 0 Å². The Morgan fingerprint density at radius 2 is 2.25 bits per heavy atom. The topological polar surface area (TPSA) is 85.9 Å². The third kappa shape index (κ3) is 2.98. The molecule has 0 aliphatic rings. The number of nitrogens with two attached hydrogens (primary N) is 1. The smallest absolute Gasteiger partial charge is 0.239 e. The summed E-state index contributed by atoms with van der Waals surface area (Å²) in [6, 6.07) is 9.37. The molecule has 1 amide bonds. The molecule has 0 spiro atoms. The summed E-state index contributed by atoms with van der Waals surface area (Å²) in [5.41, 5.74) is 8.06. The van der Waals surface area contributed by atoms with E-state index in [0.717, 1.165) is 16.5 Å². The molecule has 104 valence electrons. The van der Waals surface area contributed by atoms with Gasteiger partial charge in [-0.15, -0.1) is 0 Å². The maximum atomic E-state index is 12.1. The van der Waals surface area contributed by atoms with Crippen molar-refractivity contribution < 1.29 is 4.79 Å². The van der Waals surface area contributed by atoms with Gasteiger partial charge in [0.15, 0.2) is 0 Å². The fraction of sp³-hybridized carbons (Fsp3) is 0.333. The maximum absolute atomic E-state index is 12.1. The van der Waals surface area contributed by atoms with Gasteiger partial charge in [-0.1, -0.05) is 18.2 Å². The monoisotopic (exact) mass is 270 g/mol. The van der Waals surface area contributed by atoms with Crippen LogP contribution in [0.1, 0.15) is 12.0 Å². The highest BCUT2D eigenvalue weighted by molar-refractivity contribution is 5.86. The minimum absolute atomic E-state index is 0.134. The lowest BCUT2D eigenvalue weighted by Gasteiger charge is -2.20. The van der Waals surface area contributed by atoms with Crippen molar-refractivity contribution in [2.24, 2.45) is 5.73 Å². The van der Waals surface area contributed by atoms with Crippen LogP contribution >= 0.6 is 0 Å². The van der Waals surface area contributed by atoms with Crippen molar-refractivity contribution in [2.45, 2.75) is 18.9 Å². The van der Waals surface area contributed by atoms with E-state index in [1.54, 1.807) is 7.05 Å². The maximum Gasteiger partial charge on any atom is 0.239 e. The van der Waals surface area contributed by atoms with Crippen molar-refractivity contribution in [1.29, 1.82) is 5.26 Å². The van der Waals surface area contributed by atoms with Gasteiger partial charge in [0.05, 0.1) is 18.5 Å². The summed E-state index contributed by atoms with van der Waals surface area (Å²) in [4.78, 5) is 16.8. The van der Waals surface area contributed by atoms with E-state index in [-0.39, 0.29) is 5.91 Å². The number of hydrogen-bond donors (Lipinski definition) is 2. The van der Waals surface area contributed by atoms with Crippen LogP contribution in [0.15, 0.2) is 30.5 Å². The minimum atomic E-state index is -0.585. The second kappa shape index (κ2) is 6.22. The second-order valence-electron chi connectivity index (χ2n) is 4.84. The number of hydrogen-bond acceptors (Lipinski definition) is 3. The molecule has 0 saturated carbocycles. The number of benzene rings is 1. The number of H-pyrrole nitrogens is 1. The number of rotatable bonds is 5. The predicted octanol–water partition coefficient (Wildman–Crippen LogP) is 1.41. The minimum Gasteiger partial charge on any atom is -0.361 e. The van der Waals surface area contributed by atoms with Crippen LogP contribution < -0.4 is 5.73 Å². The Morgan fingerprint density at radius 1 is 1.50 bits per heavy atom. The molecule has 1 atom stereocenters. The van der Waals surface area contributed by atoms with Gasteiger partial charge in [0, 0.05) is 30.7 Å². The molecule has 2 rings (SSSR count). The first-order valence-electron chi connectivity index (χ1n) is 6.56. The molecule has 2 aromatic rings. The Hall–Kier alpha value is -2.32. The zero-order chi connectivity index (χ0) is 14.5. The summed E-state index contributed by atoms with van der Waals surface area (Å²) in [7, 11) is 1.68. The molecule has 5 nitrogen and oxygen atoms in total. The Bertz CT molecular complexity index is 641. The van der Waals surface area contributed by atoms with E-state index in [0.29, 0.717) is 19.4 Å². The third-order valence-corrected chi connectivity index (χ3v) is 3.37. The number of nitrogens with one attached hydrogen (secondary N) is 1. The molecule has 0 aliphatic carbocycles. The zero-order valence-electron chi connectivity index (χ0n) is 11.5. The van der Waals surface area contributed by atoms with Crippen LogP contribution in [0.25, 0.3) is 10.9 Å². The SMILES string of the molecule is CN(CCC#N)C(=O)C(N)Cc1c[nH]c2ccccc12. The number of aromatic amines is 1. The molecule has 0 fully saturated rings. The largest absolute Gasteiger partial charge is 0.361 e. The van der Waals surface area contributed by atoms with Crippen LogP contribution in [-0.2, 0) is 11.2 Å². The van der Waals surface area contributed by atoms with Gasteiger partial charge in [-0.2, -0.15) is 5.26 Å². The number of amides is 1. The molecule has 1 heterocycles. The Kier molecular flexibility index (Phi) is 4.38. The van der Waals surface area contributed by atoms with Crippen molar-refractivity contribution >= 4 is 16.8 Å². The molecular weight excluding hydrogens is 252 g/mol. The van der Waals surface area contributed by atoms with Crippen molar-refractivity contribution in [3.05, 3.63) is 36.0 Å². The van der Waals surface area contributed by atoms with Crippen LogP contribution in [0.5, 0.6) is 0 Å². The van der Waals surface area contributed by atoms with Gasteiger partial charge >= 0.3 is 0 Å². The normalized spacial score (nSPS) is 12.1. The van der Waals surface area contributed by atoms with E-state index in [1.165, 1.54) is 4.90 Å². The Labute approximate surface area is 118 Å². The number of carbonyl (C=O) groups is 1. The van der Waals surface area contributed by atoms with Gasteiger partial charge < -0.3 is 15.6 Å². The third-order valence-electron chi connectivity index (χ3n) is 3.37. The molecule has 3 N–H and O–H groups in total. The Balaban J connectivity index is 2.06. The van der Waals surface area contributed by atoms with Crippen molar-refractivity contribution in [3.8, 4) is 6.07 Å². The highest BCUT2D eigenvalue weighted by Gasteiger charge is 2.19. The highest BCUT2D eigenvalue weighted by atomic mass is 16.2. The van der Waals surface area contributed by atoms with E-state index in [9.17, 15) is 4.79 Å². The summed E-state index contributed by atoms with van der Waals surface area (Å²) in [5, 5.41) is 9.63. The summed E-state index contributed by atoms with van der Waals surface area (Å²) >= 11 is 0. The van der Waals surface area contributed by atoms with Crippen LogP contribution in [0, 0.1) is 11.3 Å². The van der Waals surface area contributed by atoms with E-state index < -0.39 is 6.04 Å². The molecule has 0 aliphatic heterocycles. The molecular formula is C15H18N4O. The van der Waals surface area contributed by atoms with Crippen LogP contribution in [0.3, 0.4) is 0 Å². The summed E-state index contributed by atoms with van der Waals surface area (Å²) in [6.45, 7) is 0.414. The molecule has 20 heavy (non-hydrogen) atoms. The molecule has 5 heteroatoms. The van der Waals surface area contributed by atoms with Gasteiger partial charge in [-0.05, 0) is 18.1 Å². The fourth-order valence-electron chi connectivity index (χ4n) is 2.24. The number of para-hydroxylation sites is 1. The predicted molar refractivity (Wildman–Crippen MR) is 77.8 cm³/mol. The number of fused-ring (bicyclic) bond motifs is 1. The second-order valence-corrected chi connectivity index (χ2v) is 4.84. The van der Waals surface area contributed by atoms with Gasteiger partial charge in [-0.3, -0.25) is 4.79 Å². The molecule has 1 unspecified atom stereocenters. The van der Waals surface area contributed by atoms with E-state index >= 15 is 0 Å². The Morgan fingerprint density at radius 3 is 3.00 bits per heavy atom. The number of nitrogens with zero attached hydrogens (tertiary/aromatic N) is 2. The lowest BCUT2D eigenvalue weighted by molar-refractivity contribution is -0.131. The van der Waals surface area contributed by atoms with Crippen molar-refractivity contribution in [2.75, 3.05) is 13.6 Å². The summed E-state index contributed by atoms with van der Waals surface area (Å²) in [6.07, 6.45) is 2.70. The van der Waals surface area contributed by atoms with Gasteiger partial charge in [0.1, 0.15) is 0 Å². The number of carbonyl (C=O) groups excluding carboxylic acids is 1. The van der Waals surface area contributed by atoms with Gasteiger partial charge in [-0.25, -0.2) is 0 Å². The van der Waals surface area contributed by atoms with Crippen LogP contribution in [-0.4, -0.2) is 35.4 Å². The lowest BCUT2D eigenvalue weighted by Crippen LogP contribution is -2.43. The number of nitriles is 1. The zero-order valence-corrected chi connectivity index (χ0v) is 11.5. The standard InChI is InChI=1S/C15H18N4O/c1-19(8-4-7-16)15(20)13(17)9-11-10-18-14-6-3-2-5-12(11)14/h2-3,5-6,10,13,18H,4,8-9,17H2,1H3. The van der Waals surface area contributed by atoms with Gasteiger partial charge in [0.25, 0.3) is 0 Å².